The highest BCUT2D eigenvalue weighted by atomic mass is 35.5. The number of carbonyl (C=O) groups excluding carboxylic acids is 1. The summed E-state index contributed by atoms with van der Waals surface area (Å²) in [6.45, 7) is 0.191. The lowest BCUT2D eigenvalue weighted by molar-refractivity contribution is -0.384. The molecule has 1 amide bonds. The van der Waals surface area contributed by atoms with E-state index in [9.17, 15) is 14.9 Å². The molecule has 1 heterocycles. The van der Waals surface area contributed by atoms with Gasteiger partial charge in [0.05, 0.1) is 17.7 Å². The summed E-state index contributed by atoms with van der Waals surface area (Å²) < 4.78 is 5.33. The fraction of sp³-hybridized carbons (Fsp3) is 0.0556. The van der Waals surface area contributed by atoms with Crippen molar-refractivity contribution in [2.75, 3.05) is 4.90 Å². The topological polar surface area (TPSA) is 76.6 Å². The number of furan rings is 1. The van der Waals surface area contributed by atoms with Crippen molar-refractivity contribution in [3.63, 3.8) is 0 Å². The maximum atomic E-state index is 13.0. The summed E-state index contributed by atoms with van der Waals surface area (Å²) >= 11 is 5.91. The lowest BCUT2D eigenvalue weighted by Crippen LogP contribution is -2.30. The SMILES string of the molecule is O=C(c1cccc([N+](=O)[O-])c1)N(Cc1ccco1)c1ccc(Cl)cc1. The van der Waals surface area contributed by atoms with E-state index < -0.39 is 4.92 Å². The van der Waals surface area contributed by atoms with Crippen LogP contribution in [0.25, 0.3) is 0 Å². The number of nitro benzene ring substituents is 1. The first-order valence-electron chi connectivity index (χ1n) is 7.39. The number of amides is 1. The third-order valence-corrected chi connectivity index (χ3v) is 3.83. The van der Waals surface area contributed by atoms with Gasteiger partial charge in [0.1, 0.15) is 5.76 Å². The second-order valence-electron chi connectivity index (χ2n) is 5.25. The average molecular weight is 357 g/mol. The van der Waals surface area contributed by atoms with Gasteiger partial charge in [-0.1, -0.05) is 17.7 Å². The van der Waals surface area contributed by atoms with Gasteiger partial charge in [-0.2, -0.15) is 0 Å². The van der Waals surface area contributed by atoms with Crippen molar-refractivity contribution in [3.05, 3.63) is 93.4 Å². The van der Waals surface area contributed by atoms with Crippen LogP contribution in [0, 0.1) is 10.1 Å². The van der Waals surface area contributed by atoms with E-state index in [-0.39, 0.29) is 23.7 Å². The van der Waals surface area contributed by atoms with Gasteiger partial charge in [0.2, 0.25) is 0 Å². The molecule has 25 heavy (non-hydrogen) atoms. The van der Waals surface area contributed by atoms with Gasteiger partial charge in [-0.05, 0) is 42.5 Å². The van der Waals surface area contributed by atoms with Crippen molar-refractivity contribution in [2.45, 2.75) is 6.54 Å². The van der Waals surface area contributed by atoms with Crippen molar-refractivity contribution in [1.29, 1.82) is 0 Å². The second kappa shape index (κ2) is 7.19. The summed E-state index contributed by atoms with van der Waals surface area (Å²) in [5.41, 5.74) is 0.688. The van der Waals surface area contributed by atoms with Gasteiger partial charge in [-0.15, -0.1) is 0 Å². The summed E-state index contributed by atoms with van der Waals surface area (Å²) in [6, 6.07) is 15.9. The van der Waals surface area contributed by atoms with Gasteiger partial charge in [-0.3, -0.25) is 14.9 Å². The Hall–Kier alpha value is -3.12. The summed E-state index contributed by atoms with van der Waals surface area (Å²) in [5, 5.41) is 11.5. The van der Waals surface area contributed by atoms with Crippen LogP contribution in [0.5, 0.6) is 0 Å². The van der Waals surface area contributed by atoms with Gasteiger partial charge in [0.15, 0.2) is 0 Å². The predicted octanol–water partition coefficient (Wildman–Crippen LogP) is 4.69. The molecule has 2 aromatic carbocycles. The van der Waals surface area contributed by atoms with Gasteiger partial charge >= 0.3 is 0 Å². The predicted molar refractivity (Wildman–Crippen MR) is 93.8 cm³/mol. The van der Waals surface area contributed by atoms with Crippen LogP contribution in [-0.4, -0.2) is 10.8 Å². The van der Waals surface area contributed by atoms with E-state index in [0.29, 0.717) is 16.5 Å². The van der Waals surface area contributed by atoms with Crippen molar-refractivity contribution < 1.29 is 14.1 Å². The first-order valence-corrected chi connectivity index (χ1v) is 7.76. The van der Waals surface area contributed by atoms with Crippen LogP contribution < -0.4 is 4.90 Å². The second-order valence-corrected chi connectivity index (χ2v) is 5.69. The number of nitrogens with zero attached hydrogens (tertiary/aromatic N) is 2. The Labute approximate surface area is 148 Å². The van der Waals surface area contributed by atoms with Crippen LogP contribution in [0.3, 0.4) is 0 Å². The van der Waals surface area contributed by atoms with E-state index in [1.807, 2.05) is 0 Å². The molecule has 0 aliphatic carbocycles. The molecule has 3 rings (SSSR count). The molecule has 6 nitrogen and oxygen atoms in total. The Bertz CT molecular complexity index is 892. The molecule has 0 saturated carbocycles. The average Bonchev–Trinajstić information content (AvgIpc) is 3.13. The van der Waals surface area contributed by atoms with E-state index in [0.717, 1.165) is 0 Å². The Kier molecular flexibility index (Phi) is 4.81. The Balaban J connectivity index is 1.98. The highest BCUT2D eigenvalue weighted by Crippen LogP contribution is 2.24. The summed E-state index contributed by atoms with van der Waals surface area (Å²) in [4.78, 5) is 24.9. The fourth-order valence-electron chi connectivity index (χ4n) is 2.37. The molecule has 0 aliphatic heterocycles. The number of hydrogen-bond donors (Lipinski definition) is 0. The van der Waals surface area contributed by atoms with Crippen molar-refractivity contribution in [1.82, 2.24) is 0 Å². The molecule has 1 aromatic heterocycles. The molecule has 0 N–H and O–H groups in total. The number of non-ortho nitro benzene ring substituents is 1. The number of carbonyl (C=O) groups is 1. The molecule has 0 radical (unpaired) electrons. The lowest BCUT2D eigenvalue weighted by Gasteiger charge is -2.22. The van der Waals surface area contributed by atoms with E-state index >= 15 is 0 Å². The smallest absolute Gasteiger partial charge is 0.270 e. The van der Waals surface area contributed by atoms with E-state index in [4.69, 9.17) is 16.0 Å². The van der Waals surface area contributed by atoms with Crippen LogP contribution in [0.15, 0.2) is 71.3 Å². The maximum Gasteiger partial charge on any atom is 0.270 e. The first-order chi connectivity index (χ1) is 12.0. The molecule has 0 atom stereocenters. The Morgan fingerprint density at radius 3 is 2.52 bits per heavy atom. The number of rotatable bonds is 5. The van der Waals surface area contributed by atoms with Crippen LogP contribution in [0.1, 0.15) is 16.1 Å². The zero-order valence-corrected chi connectivity index (χ0v) is 13.7. The largest absolute Gasteiger partial charge is 0.467 e. The van der Waals surface area contributed by atoms with Gasteiger partial charge in [0, 0.05) is 28.4 Å². The van der Waals surface area contributed by atoms with Crippen molar-refractivity contribution >= 4 is 28.9 Å². The van der Waals surface area contributed by atoms with Crippen LogP contribution in [0.2, 0.25) is 5.02 Å². The van der Waals surface area contributed by atoms with Crippen LogP contribution >= 0.6 is 11.6 Å². The van der Waals surface area contributed by atoms with Crippen LogP contribution in [-0.2, 0) is 6.54 Å². The Morgan fingerprint density at radius 2 is 1.88 bits per heavy atom. The van der Waals surface area contributed by atoms with Gasteiger partial charge in [-0.25, -0.2) is 0 Å². The van der Waals surface area contributed by atoms with Gasteiger partial charge < -0.3 is 9.32 Å². The molecule has 126 valence electrons. The summed E-state index contributed by atoms with van der Waals surface area (Å²) in [6.07, 6.45) is 1.52. The van der Waals surface area contributed by atoms with Crippen LogP contribution in [0.4, 0.5) is 11.4 Å². The normalized spacial score (nSPS) is 10.4. The number of nitro groups is 1. The maximum absolute atomic E-state index is 13.0. The minimum Gasteiger partial charge on any atom is -0.467 e. The first kappa shape index (κ1) is 16.7. The third kappa shape index (κ3) is 3.87. The zero-order chi connectivity index (χ0) is 17.8. The number of benzene rings is 2. The van der Waals surface area contributed by atoms with E-state index in [2.05, 4.69) is 0 Å². The summed E-state index contributed by atoms with van der Waals surface area (Å²) in [7, 11) is 0. The highest BCUT2D eigenvalue weighted by Gasteiger charge is 2.21. The number of anilines is 1. The molecule has 3 aromatic rings. The molecule has 0 bridgehead atoms. The van der Waals surface area contributed by atoms with Gasteiger partial charge in [0.25, 0.3) is 11.6 Å². The molecule has 0 spiro atoms. The number of hydrogen-bond acceptors (Lipinski definition) is 4. The van der Waals surface area contributed by atoms with Crippen molar-refractivity contribution in [2.24, 2.45) is 0 Å². The van der Waals surface area contributed by atoms with E-state index in [1.165, 1.54) is 29.4 Å². The third-order valence-electron chi connectivity index (χ3n) is 3.58. The quantitative estimate of drug-likeness (QED) is 0.491. The standard InChI is InChI=1S/C18H13ClN2O4/c19-14-6-8-15(9-7-14)20(12-17-5-2-10-25-17)18(22)13-3-1-4-16(11-13)21(23)24/h1-11H,12H2. The molecular formula is C18H13ClN2O4. The minimum absolute atomic E-state index is 0.139. The van der Waals surface area contributed by atoms with E-state index in [1.54, 1.807) is 42.5 Å². The molecule has 7 heteroatoms. The molecule has 0 fully saturated rings. The highest BCUT2D eigenvalue weighted by molar-refractivity contribution is 6.30. The Morgan fingerprint density at radius 1 is 1.12 bits per heavy atom. The molecular weight excluding hydrogens is 344 g/mol. The molecule has 0 saturated heterocycles. The molecule has 0 aliphatic rings. The minimum atomic E-state index is -0.532. The fourth-order valence-corrected chi connectivity index (χ4v) is 2.49. The lowest BCUT2D eigenvalue weighted by atomic mass is 10.1. The zero-order valence-electron chi connectivity index (χ0n) is 13.0. The number of halogens is 1. The van der Waals surface area contributed by atoms with Crippen molar-refractivity contribution in [3.8, 4) is 0 Å². The summed E-state index contributed by atoms with van der Waals surface area (Å²) in [5.74, 6) is 0.219. The monoisotopic (exact) mass is 356 g/mol. The molecule has 0 unspecified atom stereocenters.